The molecule has 17 heavy (non-hydrogen) atoms. The summed E-state index contributed by atoms with van der Waals surface area (Å²) < 4.78 is 0. The highest BCUT2D eigenvalue weighted by Crippen LogP contribution is 2.28. The molecule has 0 amide bonds. The second kappa shape index (κ2) is 4.67. The molecule has 3 nitrogen and oxygen atoms in total. The summed E-state index contributed by atoms with van der Waals surface area (Å²) in [6.07, 6.45) is 2.66. The number of piperidine rings is 3. The van der Waals surface area contributed by atoms with Gasteiger partial charge in [0.1, 0.15) is 5.75 Å². The molecule has 4 rings (SSSR count). The van der Waals surface area contributed by atoms with Crippen molar-refractivity contribution in [2.24, 2.45) is 5.92 Å². The molecular weight excluding hydrogens is 212 g/mol. The smallest absolute Gasteiger partial charge is 0.120 e. The molecule has 3 heteroatoms. The number of hydrogen-bond acceptors (Lipinski definition) is 3. The molecule has 2 N–H and O–H groups in total. The standard InChI is InChI=1S/C14H20N2O/c17-14-4-2-1-3-12(14)9-15-13-10-16-7-5-11(13)6-8-16/h1-4,11,13,15,17H,5-10H2. The lowest BCUT2D eigenvalue weighted by atomic mass is 9.84. The van der Waals surface area contributed by atoms with Crippen molar-refractivity contribution >= 4 is 0 Å². The molecule has 2 bridgehead atoms. The lowest BCUT2D eigenvalue weighted by molar-refractivity contribution is 0.0719. The van der Waals surface area contributed by atoms with Crippen molar-refractivity contribution in [3.63, 3.8) is 0 Å². The first kappa shape index (κ1) is 11.1. The lowest BCUT2D eigenvalue weighted by Crippen LogP contribution is -2.55. The molecule has 1 aromatic rings. The number of phenols is 1. The minimum Gasteiger partial charge on any atom is -0.508 e. The van der Waals surface area contributed by atoms with Gasteiger partial charge in [0.05, 0.1) is 0 Å². The van der Waals surface area contributed by atoms with Crippen LogP contribution in [0.4, 0.5) is 0 Å². The van der Waals surface area contributed by atoms with E-state index in [9.17, 15) is 5.11 Å². The normalized spacial score (nSPS) is 31.6. The van der Waals surface area contributed by atoms with Crippen LogP contribution in [0.15, 0.2) is 24.3 Å². The average molecular weight is 232 g/mol. The van der Waals surface area contributed by atoms with E-state index in [1.54, 1.807) is 6.07 Å². The number of phenolic OH excluding ortho intramolecular Hbond substituents is 1. The molecule has 92 valence electrons. The molecule has 0 aliphatic carbocycles. The van der Waals surface area contributed by atoms with Crippen LogP contribution in [0.5, 0.6) is 5.75 Å². The summed E-state index contributed by atoms with van der Waals surface area (Å²) in [4.78, 5) is 2.54. The van der Waals surface area contributed by atoms with Crippen LogP contribution in [-0.4, -0.2) is 35.7 Å². The number of hydrogen-bond donors (Lipinski definition) is 2. The first-order chi connectivity index (χ1) is 8.33. The number of nitrogens with one attached hydrogen (secondary N) is 1. The monoisotopic (exact) mass is 232 g/mol. The fourth-order valence-electron chi connectivity index (χ4n) is 3.10. The van der Waals surface area contributed by atoms with Gasteiger partial charge >= 0.3 is 0 Å². The van der Waals surface area contributed by atoms with E-state index >= 15 is 0 Å². The average Bonchev–Trinajstić information content (AvgIpc) is 2.39. The predicted octanol–water partition coefficient (Wildman–Crippen LogP) is 1.58. The van der Waals surface area contributed by atoms with Gasteiger partial charge in [-0.3, -0.25) is 0 Å². The number of rotatable bonds is 3. The Balaban J connectivity index is 1.60. The highest BCUT2D eigenvalue weighted by molar-refractivity contribution is 5.31. The van der Waals surface area contributed by atoms with Gasteiger partial charge < -0.3 is 15.3 Å². The number of nitrogens with zero attached hydrogens (tertiary/aromatic N) is 1. The van der Waals surface area contributed by atoms with Gasteiger partial charge in [0.25, 0.3) is 0 Å². The molecular formula is C14H20N2O. The van der Waals surface area contributed by atoms with Crippen molar-refractivity contribution < 1.29 is 5.11 Å². The number of fused-ring (bicyclic) bond motifs is 3. The minimum atomic E-state index is 0.404. The van der Waals surface area contributed by atoms with Gasteiger partial charge in [-0.1, -0.05) is 18.2 Å². The quantitative estimate of drug-likeness (QED) is 0.830. The van der Waals surface area contributed by atoms with E-state index in [-0.39, 0.29) is 0 Å². The van der Waals surface area contributed by atoms with Crippen LogP contribution in [0.2, 0.25) is 0 Å². The molecule has 1 unspecified atom stereocenters. The molecule has 3 fully saturated rings. The largest absolute Gasteiger partial charge is 0.508 e. The van der Waals surface area contributed by atoms with Crippen LogP contribution in [0.3, 0.4) is 0 Å². The van der Waals surface area contributed by atoms with E-state index < -0.39 is 0 Å². The van der Waals surface area contributed by atoms with E-state index in [2.05, 4.69) is 10.2 Å². The van der Waals surface area contributed by atoms with Gasteiger partial charge in [0.2, 0.25) is 0 Å². The van der Waals surface area contributed by atoms with Gasteiger partial charge in [-0.25, -0.2) is 0 Å². The molecule has 1 atom stereocenters. The fraction of sp³-hybridized carbons (Fsp3) is 0.571. The summed E-state index contributed by atoms with van der Waals surface area (Å²) in [5.74, 6) is 1.24. The van der Waals surface area contributed by atoms with Crippen molar-refractivity contribution in [3.8, 4) is 5.75 Å². The Morgan fingerprint density at radius 2 is 2.00 bits per heavy atom. The zero-order valence-corrected chi connectivity index (χ0v) is 10.1. The molecule has 0 aromatic heterocycles. The molecule has 0 saturated carbocycles. The topological polar surface area (TPSA) is 35.5 Å². The molecule has 3 heterocycles. The van der Waals surface area contributed by atoms with E-state index in [4.69, 9.17) is 0 Å². The summed E-state index contributed by atoms with van der Waals surface area (Å²) in [5, 5.41) is 13.3. The zero-order valence-electron chi connectivity index (χ0n) is 10.1. The number of para-hydroxylation sites is 1. The highest BCUT2D eigenvalue weighted by Gasteiger charge is 2.33. The molecule has 3 aliphatic rings. The van der Waals surface area contributed by atoms with E-state index in [0.717, 1.165) is 18.0 Å². The van der Waals surface area contributed by atoms with Crippen molar-refractivity contribution in [3.05, 3.63) is 29.8 Å². The summed E-state index contributed by atoms with van der Waals surface area (Å²) in [7, 11) is 0. The Kier molecular flexibility index (Phi) is 3.04. The number of aromatic hydroxyl groups is 1. The third-order valence-electron chi connectivity index (χ3n) is 4.20. The van der Waals surface area contributed by atoms with Crippen LogP contribution < -0.4 is 5.32 Å². The summed E-state index contributed by atoms with van der Waals surface area (Å²) >= 11 is 0. The van der Waals surface area contributed by atoms with Crippen molar-refractivity contribution in [2.45, 2.75) is 25.4 Å². The second-order valence-corrected chi connectivity index (χ2v) is 5.25. The molecule has 1 aromatic carbocycles. The van der Waals surface area contributed by atoms with Crippen LogP contribution >= 0.6 is 0 Å². The predicted molar refractivity (Wildman–Crippen MR) is 67.9 cm³/mol. The zero-order chi connectivity index (χ0) is 11.7. The van der Waals surface area contributed by atoms with Crippen molar-refractivity contribution in [1.82, 2.24) is 10.2 Å². The fourth-order valence-corrected chi connectivity index (χ4v) is 3.10. The van der Waals surface area contributed by atoms with E-state index in [1.165, 1.54) is 32.5 Å². The summed E-state index contributed by atoms with van der Waals surface area (Å²) in [6.45, 7) is 4.51. The van der Waals surface area contributed by atoms with Gasteiger partial charge in [0.15, 0.2) is 0 Å². The maximum atomic E-state index is 9.72. The second-order valence-electron chi connectivity index (χ2n) is 5.25. The maximum absolute atomic E-state index is 9.72. The van der Waals surface area contributed by atoms with Crippen LogP contribution in [0.25, 0.3) is 0 Å². The summed E-state index contributed by atoms with van der Waals surface area (Å²) in [5.41, 5.74) is 1.00. The van der Waals surface area contributed by atoms with Gasteiger partial charge in [0, 0.05) is 24.7 Å². The molecule has 0 radical (unpaired) electrons. The third-order valence-corrected chi connectivity index (χ3v) is 4.20. The Morgan fingerprint density at radius 3 is 2.65 bits per heavy atom. The lowest BCUT2D eigenvalue weighted by Gasteiger charge is -2.45. The summed E-state index contributed by atoms with van der Waals surface area (Å²) in [6, 6.07) is 8.20. The number of benzene rings is 1. The Bertz CT molecular complexity index is 386. The van der Waals surface area contributed by atoms with Crippen LogP contribution in [-0.2, 0) is 6.54 Å². The third kappa shape index (κ3) is 2.31. The van der Waals surface area contributed by atoms with Crippen LogP contribution in [0.1, 0.15) is 18.4 Å². The first-order valence-electron chi connectivity index (χ1n) is 6.55. The van der Waals surface area contributed by atoms with Gasteiger partial charge in [-0.2, -0.15) is 0 Å². The van der Waals surface area contributed by atoms with Crippen LogP contribution in [0, 0.1) is 5.92 Å². The van der Waals surface area contributed by atoms with E-state index in [0.29, 0.717) is 11.8 Å². The van der Waals surface area contributed by atoms with Gasteiger partial charge in [-0.15, -0.1) is 0 Å². The highest BCUT2D eigenvalue weighted by atomic mass is 16.3. The maximum Gasteiger partial charge on any atom is 0.120 e. The first-order valence-corrected chi connectivity index (χ1v) is 6.55. The SMILES string of the molecule is Oc1ccccc1CNC1CN2CCC1CC2. The van der Waals surface area contributed by atoms with Crippen molar-refractivity contribution in [1.29, 1.82) is 0 Å². The van der Waals surface area contributed by atoms with Crippen molar-refractivity contribution in [2.75, 3.05) is 19.6 Å². The Labute approximate surface area is 102 Å². The Hall–Kier alpha value is -1.06. The molecule has 3 saturated heterocycles. The van der Waals surface area contributed by atoms with Gasteiger partial charge in [-0.05, 0) is 37.9 Å². The minimum absolute atomic E-state index is 0.404. The van der Waals surface area contributed by atoms with E-state index in [1.807, 2.05) is 18.2 Å². The Morgan fingerprint density at radius 1 is 1.24 bits per heavy atom. The molecule has 0 spiro atoms. The molecule has 3 aliphatic heterocycles.